The third-order valence-corrected chi connectivity index (χ3v) is 4.54. The highest BCUT2D eigenvalue weighted by molar-refractivity contribution is 9.10. The fraction of sp³-hybridized carbons (Fsp3) is 0.667. The zero-order valence-electron chi connectivity index (χ0n) is 10.3. The molecule has 0 saturated heterocycles. The van der Waals surface area contributed by atoms with Gasteiger partial charge in [0.05, 0.1) is 0 Å². The van der Waals surface area contributed by atoms with Crippen LogP contribution in [-0.4, -0.2) is 16.0 Å². The molecule has 1 heterocycles. The predicted octanol–water partition coefficient (Wildman–Crippen LogP) is 3.06. The summed E-state index contributed by atoms with van der Waals surface area (Å²) in [6.45, 7) is 4.65. The summed E-state index contributed by atoms with van der Waals surface area (Å²) < 4.78 is 0.770. The SMILES string of the molecule is CC1CCC(Nc2ncnc(N)c2Br)CC1C. The molecular weight excluding hydrogens is 280 g/mol. The molecule has 3 N–H and O–H groups in total. The highest BCUT2D eigenvalue weighted by Gasteiger charge is 2.25. The summed E-state index contributed by atoms with van der Waals surface area (Å²) in [5, 5.41) is 3.46. The van der Waals surface area contributed by atoms with E-state index in [2.05, 4.69) is 45.1 Å². The summed E-state index contributed by atoms with van der Waals surface area (Å²) in [5.41, 5.74) is 5.74. The van der Waals surface area contributed by atoms with E-state index in [9.17, 15) is 0 Å². The lowest BCUT2D eigenvalue weighted by Crippen LogP contribution is -2.30. The van der Waals surface area contributed by atoms with Crippen LogP contribution in [0.2, 0.25) is 0 Å². The van der Waals surface area contributed by atoms with Crippen molar-refractivity contribution >= 4 is 27.6 Å². The maximum atomic E-state index is 5.74. The number of anilines is 2. The number of nitrogens with zero attached hydrogens (tertiary/aromatic N) is 2. The maximum Gasteiger partial charge on any atom is 0.146 e. The minimum Gasteiger partial charge on any atom is -0.383 e. The third kappa shape index (κ3) is 2.89. The second-order valence-electron chi connectivity index (χ2n) is 5.03. The van der Waals surface area contributed by atoms with Crippen molar-refractivity contribution in [1.82, 2.24) is 9.97 Å². The van der Waals surface area contributed by atoms with E-state index in [0.29, 0.717) is 11.9 Å². The molecule has 1 aliphatic rings. The summed E-state index contributed by atoms with van der Waals surface area (Å²) in [6, 6.07) is 0.492. The number of rotatable bonds is 2. The molecule has 1 saturated carbocycles. The van der Waals surface area contributed by atoms with Crippen LogP contribution < -0.4 is 11.1 Å². The van der Waals surface area contributed by atoms with Gasteiger partial charge in [0, 0.05) is 6.04 Å². The van der Waals surface area contributed by atoms with Crippen molar-refractivity contribution < 1.29 is 0 Å². The van der Waals surface area contributed by atoms with Crippen LogP contribution in [0.15, 0.2) is 10.8 Å². The number of aromatic nitrogens is 2. The zero-order valence-corrected chi connectivity index (χ0v) is 11.9. The Balaban J connectivity index is 2.04. The number of halogens is 1. The van der Waals surface area contributed by atoms with Gasteiger partial charge in [0.15, 0.2) is 0 Å². The molecule has 0 spiro atoms. The van der Waals surface area contributed by atoms with E-state index in [4.69, 9.17) is 5.73 Å². The van der Waals surface area contributed by atoms with Gasteiger partial charge >= 0.3 is 0 Å². The average Bonchev–Trinajstić information content (AvgIpc) is 2.30. The Bertz CT molecular complexity index is 396. The van der Waals surface area contributed by atoms with Gasteiger partial charge in [-0.3, -0.25) is 0 Å². The molecule has 1 aromatic rings. The molecule has 0 amide bonds. The van der Waals surface area contributed by atoms with Gasteiger partial charge in [-0.05, 0) is 47.0 Å². The van der Waals surface area contributed by atoms with E-state index < -0.39 is 0 Å². The molecule has 94 valence electrons. The van der Waals surface area contributed by atoms with Crippen molar-refractivity contribution in [3.8, 4) is 0 Å². The smallest absolute Gasteiger partial charge is 0.146 e. The van der Waals surface area contributed by atoms with Crippen molar-refractivity contribution in [2.24, 2.45) is 11.8 Å². The fourth-order valence-electron chi connectivity index (χ4n) is 2.36. The first-order valence-electron chi connectivity index (χ1n) is 6.10. The van der Waals surface area contributed by atoms with Crippen molar-refractivity contribution in [1.29, 1.82) is 0 Å². The fourth-order valence-corrected chi connectivity index (χ4v) is 2.68. The Hall–Kier alpha value is -0.840. The van der Waals surface area contributed by atoms with E-state index in [1.807, 2.05) is 0 Å². The minimum atomic E-state index is 0.486. The summed E-state index contributed by atoms with van der Waals surface area (Å²) in [6.07, 6.45) is 5.16. The molecule has 1 aromatic heterocycles. The first-order valence-corrected chi connectivity index (χ1v) is 6.89. The normalized spacial score (nSPS) is 29.0. The largest absolute Gasteiger partial charge is 0.383 e. The van der Waals surface area contributed by atoms with Gasteiger partial charge in [-0.15, -0.1) is 0 Å². The zero-order chi connectivity index (χ0) is 12.4. The van der Waals surface area contributed by atoms with Crippen LogP contribution >= 0.6 is 15.9 Å². The van der Waals surface area contributed by atoms with Crippen LogP contribution in [-0.2, 0) is 0 Å². The Morgan fingerprint density at radius 1 is 1.29 bits per heavy atom. The van der Waals surface area contributed by atoms with E-state index >= 15 is 0 Å². The number of nitrogens with two attached hydrogens (primary N) is 1. The number of hydrogen-bond donors (Lipinski definition) is 2. The van der Waals surface area contributed by atoms with Gasteiger partial charge in [0.25, 0.3) is 0 Å². The Morgan fingerprint density at radius 3 is 2.76 bits per heavy atom. The van der Waals surface area contributed by atoms with Crippen LogP contribution in [0.25, 0.3) is 0 Å². The lowest BCUT2D eigenvalue weighted by Gasteiger charge is -2.32. The monoisotopic (exact) mass is 298 g/mol. The Labute approximate surface area is 111 Å². The number of nitrogens with one attached hydrogen (secondary N) is 1. The van der Waals surface area contributed by atoms with Crippen LogP contribution in [0.5, 0.6) is 0 Å². The number of nitrogen functional groups attached to an aromatic ring is 1. The first kappa shape index (κ1) is 12.6. The van der Waals surface area contributed by atoms with Crippen LogP contribution in [0.1, 0.15) is 33.1 Å². The second kappa shape index (κ2) is 5.21. The van der Waals surface area contributed by atoms with Crippen molar-refractivity contribution in [3.63, 3.8) is 0 Å². The summed E-state index contributed by atoms with van der Waals surface area (Å²) in [4.78, 5) is 8.17. The molecule has 0 aromatic carbocycles. The highest BCUT2D eigenvalue weighted by atomic mass is 79.9. The summed E-state index contributed by atoms with van der Waals surface area (Å²) in [5.74, 6) is 2.88. The van der Waals surface area contributed by atoms with E-state index in [-0.39, 0.29) is 0 Å². The van der Waals surface area contributed by atoms with Crippen LogP contribution in [0.4, 0.5) is 11.6 Å². The molecule has 17 heavy (non-hydrogen) atoms. The predicted molar refractivity (Wildman–Crippen MR) is 73.7 cm³/mol. The average molecular weight is 299 g/mol. The lowest BCUT2D eigenvalue weighted by molar-refractivity contribution is 0.260. The quantitative estimate of drug-likeness (QED) is 0.881. The van der Waals surface area contributed by atoms with E-state index in [0.717, 1.165) is 22.1 Å². The molecule has 0 radical (unpaired) electrons. The van der Waals surface area contributed by atoms with Crippen LogP contribution in [0.3, 0.4) is 0 Å². The standard InChI is InChI=1S/C12H19BrN4/c1-7-3-4-9(5-8(7)2)17-12-10(13)11(14)15-6-16-12/h6-9H,3-5H2,1-2H3,(H3,14,15,16,17). The molecule has 0 aliphatic heterocycles. The lowest BCUT2D eigenvalue weighted by atomic mass is 9.79. The third-order valence-electron chi connectivity index (χ3n) is 3.76. The van der Waals surface area contributed by atoms with Crippen LogP contribution in [0, 0.1) is 11.8 Å². The Morgan fingerprint density at radius 2 is 2.06 bits per heavy atom. The van der Waals surface area contributed by atoms with Gasteiger partial charge in [-0.2, -0.15) is 0 Å². The van der Waals surface area contributed by atoms with Gasteiger partial charge in [0.1, 0.15) is 22.4 Å². The summed E-state index contributed by atoms with van der Waals surface area (Å²) >= 11 is 3.42. The first-order chi connectivity index (χ1) is 8.08. The molecule has 3 unspecified atom stereocenters. The maximum absolute atomic E-state index is 5.74. The highest BCUT2D eigenvalue weighted by Crippen LogP contribution is 2.32. The van der Waals surface area contributed by atoms with E-state index in [1.54, 1.807) is 0 Å². The molecule has 3 atom stereocenters. The van der Waals surface area contributed by atoms with Crippen molar-refractivity contribution in [2.75, 3.05) is 11.1 Å². The van der Waals surface area contributed by atoms with Gasteiger partial charge < -0.3 is 11.1 Å². The minimum absolute atomic E-state index is 0.486. The molecule has 5 heteroatoms. The molecular formula is C12H19BrN4. The second-order valence-corrected chi connectivity index (χ2v) is 5.82. The van der Waals surface area contributed by atoms with Gasteiger partial charge in [-0.25, -0.2) is 9.97 Å². The molecule has 1 fully saturated rings. The molecule has 1 aliphatic carbocycles. The summed E-state index contributed by atoms with van der Waals surface area (Å²) in [7, 11) is 0. The molecule has 4 nitrogen and oxygen atoms in total. The Kier molecular flexibility index (Phi) is 3.86. The molecule has 2 rings (SSSR count). The topological polar surface area (TPSA) is 63.8 Å². The van der Waals surface area contributed by atoms with Crippen molar-refractivity contribution in [3.05, 3.63) is 10.8 Å². The molecule has 0 bridgehead atoms. The van der Waals surface area contributed by atoms with Gasteiger partial charge in [-0.1, -0.05) is 13.8 Å². The van der Waals surface area contributed by atoms with Crippen molar-refractivity contribution in [2.45, 2.75) is 39.2 Å². The van der Waals surface area contributed by atoms with E-state index in [1.165, 1.54) is 25.6 Å². The van der Waals surface area contributed by atoms with Gasteiger partial charge in [0.2, 0.25) is 0 Å². The number of hydrogen-bond acceptors (Lipinski definition) is 4.